The van der Waals surface area contributed by atoms with Gasteiger partial charge in [-0.3, -0.25) is 4.79 Å². The molecule has 1 aliphatic carbocycles. The van der Waals surface area contributed by atoms with E-state index in [1.807, 2.05) is 0 Å². The van der Waals surface area contributed by atoms with Crippen molar-refractivity contribution in [2.45, 2.75) is 45.4 Å². The van der Waals surface area contributed by atoms with E-state index in [1.54, 1.807) is 0 Å². The van der Waals surface area contributed by atoms with Crippen LogP contribution in [0.3, 0.4) is 0 Å². The lowest BCUT2D eigenvalue weighted by Crippen LogP contribution is -2.30. The van der Waals surface area contributed by atoms with Gasteiger partial charge in [-0.1, -0.05) is 35.7 Å². The summed E-state index contributed by atoms with van der Waals surface area (Å²) in [5.41, 5.74) is 0. The molecule has 0 saturated heterocycles. The van der Waals surface area contributed by atoms with Gasteiger partial charge in [0.25, 0.3) is 0 Å². The molecule has 15 heavy (non-hydrogen) atoms. The van der Waals surface area contributed by atoms with Crippen molar-refractivity contribution in [3.05, 3.63) is 0 Å². The van der Waals surface area contributed by atoms with Gasteiger partial charge in [0.2, 0.25) is 5.91 Å². The zero-order chi connectivity index (χ0) is 11.1. The van der Waals surface area contributed by atoms with Crippen LogP contribution >= 0.6 is 15.9 Å². The van der Waals surface area contributed by atoms with Gasteiger partial charge in [0.15, 0.2) is 0 Å². The van der Waals surface area contributed by atoms with Crippen molar-refractivity contribution in [3.8, 4) is 0 Å². The molecule has 0 spiro atoms. The minimum atomic E-state index is 0.291. The predicted octanol–water partition coefficient (Wildman–Crippen LogP) is 3.10. The molecule has 0 aromatic heterocycles. The molecule has 0 aromatic carbocycles. The van der Waals surface area contributed by atoms with Gasteiger partial charge in [-0.05, 0) is 31.6 Å². The average molecular weight is 276 g/mol. The van der Waals surface area contributed by atoms with Crippen LogP contribution in [0.4, 0.5) is 0 Å². The second-order valence-corrected chi connectivity index (χ2v) is 5.32. The molecule has 0 bridgehead atoms. The molecule has 1 amide bonds. The van der Waals surface area contributed by atoms with Gasteiger partial charge in [0, 0.05) is 17.8 Å². The van der Waals surface area contributed by atoms with Gasteiger partial charge in [-0.15, -0.1) is 0 Å². The van der Waals surface area contributed by atoms with Gasteiger partial charge < -0.3 is 5.32 Å². The quantitative estimate of drug-likeness (QED) is 0.586. The highest BCUT2D eigenvalue weighted by atomic mass is 79.9. The third-order valence-corrected chi connectivity index (χ3v) is 4.27. The molecule has 1 atom stereocenters. The molecule has 0 aromatic rings. The molecule has 1 unspecified atom stereocenters. The summed E-state index contributed by atoms with van der Waals surface area (Å²) in [5, 5.41) is 4.11. The minimum Gasteiger partial charge on any atom is -0.356 e. The zero-order valence-electron chi connectivity index (χ0n) is 9.60. The topological polar surface area (TPSA) is 29.1 Å². The van der Waals surface area contributed by atoms with E-state index >= 15 is 0 Å². The summed E-state index contributed by atoms with van der Waals surface area (Å²) < 4.78 is 0. The molecule has 2 nitrogen and oxygen atoms in total. The van der Waals surface area contributed by atoms with Crippen LogP contribution < -0.4 is 5.32 Å². The molecule has 1 N–H and O–H groups in total. The Hall–Kier alpha value is -0.0500. The largest absolute Gasteiger partial charge is 0.356 e. The fourth-order valence-corrected chi connectivity index (χ4v) is 2.40. The molecular formula is C12H22BrNO. The van der Waals surface area contributed by atoms with Crippen LogP contribution in [0.2, 0.25) is 0 Å². The van der Waals surface area contributed by atoms with Gasteiger partial charge >= 0.3 is 0 Å². The highest BCUT2D eigenvalue weighted by molar-refractivity contribution is 9.09. The minimum absolute atomic E-state index is 0.291. The smallest absolute Gasteiger partial charge is 0.223 e. The van der Waals surface area contributed by atoms with E-state index in [1.165, 1.54) is 19.3 Å². The Morgan fingerprint density at radius 1 is 1.47 bits per heavy atom. The first-order chi connectivity index (χ1) is 7.24. The summed E-state index contributed by atoms with van der Waals surface area (Å²) in [5.74, 6) is 1.32. The number of carbonyl (C=O) groups is 1. The Kier molecular flexibility index (Phi) is 6.30. The van der Waals surface area contributed by atoms with Crippen molar-refractivity contribution >= 4 is 21.8 Å². The molecule has 1 rings (SSSR count). The Morgan fingerprint density at radius 2 is 2.13 bits per heavy atom. The van der Waals surface area contributed by atoms with Crippen LogP contribution in [-0.4, -0.2) is 17.8 Å². The summed E-state index contributed by atoms with van der Waals surface area (Å²) in [7, 11) is 0. The summed E-state index contributed by atoms with van der Waals surface area (Å²) in [6.07, 6.45) is 6.96. The third kappa shape index (κ3) is 5.01. The molecule has 0 radical (unpaired) electrons. The van der Waals surface area contributed by atoms with Crippen LogP contribution in [0.25, 0.3) is 0 Å². The highest BCUT2D eigenvalue weighted by Gasteiger charge is 2.21. The zero-order valence-corrected chi connectivity index (χ0v) is 11.2. The maximum atomic E-state index is 11.6. The lowest BCUT2D eigenvalue weighted by atomic mass is 10.1. The first-order valence-electron chi connectivity index (χ1n) is 6.07. The van der Waals surface area contributed by atoms with Gasteiger partial charge in [0.1, 0.15) is 0 Å². The molecular weight excluding hydrogens is 254 g/mol. The second-order valence-electron chi connectivity index (χ2n) is 4.67. The third-order valence-electron chi connectivity index (χ3n) is 3.16. The maximum Gasteiger partial charge on any atom is 0.223 e. The number of halogens is 1. The summed E-state index contributed by atoms with van der Waals surface area (Å²) >= 11 is 3.46. The molecule has 1 aliphatic rings. The van der Waals surface area contributed by atoms with Crippen LogP contribution in [-0.2, 0) is 4.79 Å². The van der Waals surface area contributed by atoms with Crippen molar-refractivity contribution in [3.63, 3.8) is 0 Å². The molecule has 0 heterocycles. The first-order valence-corrected chi connectivity index (χ1v) is 7.20. The monoisotopic (exact) mass is 275 g/mol. The fraction of sp³-hybridized carbons (Fsp3) is 0.917. The molecule has 1 fully saturated rings. The number of hydrogen-bond donors (Lipinski definition) is 1. The average Bonchev–Trinajstić information content (AvgIpc) is 2.77. The van der Waals surface area contributed by atoms with E-state index in [0.717, 1.165) is 31.1 Å². The molecule has 0 aliphatic heterocycles. The van der Waals surface area contributed by atoms with Crippen molar-refractivity contribution in [2.75, 3.05) is 11.9 Å². The van der Waals surface area contributed by atoms with Crippen molar-refractivity contribution < 1.29 is 4.79 Å². The summed E-state index contributed by atoms with van der Waals surface area (Å²) in [6.45, 7) is 3.08. The van der Waals surface area contributed by atoms with Crippen LogP contribution in [0.1, 0.15) is 45.4 Å². The molecule has 1 saturated carbocycles. The number of rotatable bonds is 6. The lowest BCUT2D eigenvalue weighted by molar-refractivity contribution is -0.124. The van der Waals surface area contributed by atoms with Gasteiger partial charge in [0.05, 0.1) is 0 Å². The fourth-order valence-electron chi connectivity index (χ4n) is 2.07. The number of alkyl halides is 1. The molecule has 3 heteroatoms. The van der Waals surface area contributed by atoms with Crippen LogP contribution in [0.5, 0.6) is 0 Å². The van der Waals surface area contributed by atoms with Crippen LogP contribution in [0, 0.1) is 11.8 Å². The van der Waals surface area contributed by atoms with Crippen LogP contribution in [0.15, 0.2) is 0 Å². The number of carbonyl (C=O) groups excluding carboxylic acids is 1. The van der Waals surface area contributed by atoms with E-state index in [9.17, 15) is 4.79 Å². The van der Waals surface area contributed by atoms with Gasteiger partial charge in [-0.25, -0.2) is 0 Å². The Labute approximate surface area is 101 Å². The number of hydrogen-bond acceptors (Lipinski definition) is 1. The Morgan fingerprint density at radius 3 is 2.73 bits per heavy atom. The first kappa shape index (κ1) is 13.0. The van der Waals surface area contributed by atoms with E-state index in [0.29, 0.717) is 17.7 Å². The lowest BCUT2D eigenvalue weighted by Gasteiger charge is -2.11. The van der Waals surface area contributed by atoms with E-state index in [4.69, 9.17) is 0 Å². The Bertz CT molecular complexity index is 190. The van der Waals surface area contributed by atoms with Crippen molar-refractivity contribution in [1.29, 1.82) is 0 Å². The highest BCUT2D eigenvalue weighted by Crippen LogP contribution is 2.24. The summed E-state index contributed by atoms with van der Waals surface area (Å²) in [4.78, 5) is 11.6. The maximum absolute atomic E-state index is 11.6. The van der Waals surface area contributed by atoms with E-state index < -0.39 is 0 Å². The normalized spacial score (nSPS) is 19.1. The SMILES string of the molecule is CC(CBr)CCCNC(=O)C1CCCC1. The number of amides is 1. The van der Waals surface area contributed by atoms with E-state index in [2.05, 4.69) is 28.2 Å². The Balaban J connectivity index is 2.01. The van der Waals surface area contributed by atoms with Crippen molar-refractivity contribution in [2.24, 2.45) is 11.8 Å². The number of nitrogens with one attached hydrogen (secondary N) is 1. The van der Waals surface area contributed by atoms with E-state index in [-0.39, 0.29) is 0 Å². The van der Waals surface area contributed by atoms with Gasteiger partial charge in [-0.2, -0.15) is 0 Å². The second kappa shape index (κ2) is 7.26. The summed E-state index contributed by atoms with van der Waals surface area (Å²) in [6, 6.07) is 0. The standard InChI is InChI=1S/C12H22BrNO/c1-10(9-13)5-4-8-14-12(15)11-6-2-3-7-11/h10-11H,2-9H2,1H3,(H,14,15). The van der Waals surface area contributed by atoms with Crippen molar-refractivity contribution in [1.82, 2.24) is 5.32 Å². The molecule has 88 valence electrons. The predicted molar refractivity (Wildman–Crippen MR) is 67.2 cm³/mol.